The molecule has 0 atom stereocenters. The van der Waals surface area contributed by atoms with E-state index in [0.717, 1.165) is 6.07 Å². The zero-order valence-electron chi connectivity index (χ0n) is 18.9. The highest BCUT2D eigenvalue weighted by Gasteiger charge is 2.33. The Hall–Kier alpha value is -3.14. The first-order chi connectivity index (χ1) is 17.0. The first-order valence-electron chi connectivity index (χ1n) is 10.3. The number of fused-ring (bicyclic) bond motifs is 1. The highest BCUT2D eigenvalue weighted by Crippen LogP contribution is 2.38. The van der Waals surface area contributed by atoms with Gasteiger partial charge in [0.05, 0.1) is 28.8 Å². The minimum Gasteiger partial charge on any atom is -0.465 e. The van der Waals surface area contributed by atoms with Crippen LogP contribution in [-0.2, 0) is 28.9 Å². The summed E-state index contributed by atoms with van der Waals surface area (Å²) in [5.74, 6) is -0.605. The summed E-state index contributed by atoms with van der Waals surface area (Å²) in [6, 6.07) is 16.6. The molecule has 0 aliphatic rings. The number of alkyl halides is 3. The maximum absolute atomic E-state index is 13.6. The molecule has 0 unspecified atom stereocenters. The third-order valence-electron chi connectivity index (χ3n) is 5.49. The number of aryl methyl sites for hydroxylation is 1. The number of aromatic nitrogens is 1. The van der Waals surface area contributed by atoms with Crippen molar-refractivity contribution in [3.63, 3.8) is 0 Å². The van der Waals surface area contributed by atoms with Crippen LogP contribution in [0.25, 0.3) is 16.6 Å². The average molecular weight is 556 g/mol. The molecule has 5 nitrogen and oxygen atoms in total. The van der Waals surface area contributed by atoms with Crippen LogP contribution < -0.4 is 0 Å². The van der Waals surface area contributed by atoms with Gasteiger partial charge in [0.2, 0.25) is 0 Å². The van der Waals surface area contributed by atoms with Gasteiger partial charge in [-0.2, -0.15) is 21.6 Å². The molecule has 3 aromatic carbocycles. The maximum Gasteiger partial charge on any atom is 0.416 e. The molecule has 36 heavy (non-hydrogen) atoms. The van der Waals surface area contributed by atoms with Gasteiger partial charge in [0.25, 0.3) is 0 Å². The summed E-state index contributed by atoms with van der Waals surface area (Å²) in [6.45, 7) is 1.44. The number of halogens is 5. The topological polar surface area (TPSA) is 65.4 Å². The molecule has 0 aliphatic carbocycles. The van der Waals surface area contributed by atoms with Gasteiger partial charge in [-0.3, -0.25) is 0 Å². The summed E-state index contributed by atoms with van der Waals surface area (Å²) >= 11 is 12.2. The van der Waals surface area contributed by atoms with Gasteiger partial charge in [-0.05, 0) is 60.5 Å². The molecule has 1 heterocycles. The average Bonchev–Trinajstić information content (AvgIpc) is 3.18. The second kappa shape index (κ2) is 11.3. The van der Waals surface area contributed by atoms with Gasteiger partial charge in [-0.1, -0.05) is 41.4 Å². The van der Waals surface area contributed by atoms with Crippen molar-refractivity contribution < 1.29 is 31.1 Å². The quantitative estimate of drug-likeness (QED) is 0.255. The maximum atomic E-state index is 13.6. The van der Waals surface area contributed by atoms with E-state index in [9.17, 15) is 18.0 Å². The van der Waals surface area contributed by atoms with E-state index in [1.165, 1.54) is 26.2 Å². The molecular weight excluding hydrogens is 538 g/mol. The lowest BCUT2D eigenvalue weighted by Crippen LogP contribution is -2.08. The summed E-state index contributed by atoms with van der Waals surface area (Å²) in [5.41, 5.74) is 1.85. The molecular formula is C25H18Cl2F3NO4S. The lowest BCUT2D eigenvalue weighted by atomic mass is 10.0. The molecule has 0 N–H and O–H groups in total. The number of carbonyl (C=O) groups is 1. The van der Waals surface area contributed by atoms with Crippen molar-refractivity contribution in [2.75, 3.05) is 7.11 Å². The first kappa shape index (κ1) is 27.4. The molecule has 4 rings (SSSR count). The molecule has 0 radical (unpaired) electrons. The number of rotatable bonds is 4. The fourth-order valence-corrected chi connectivity index (χ4v) is 4.53. The summed E-state index contributed by atoms with van der Waals surface area (Å²) in [7, 11) is 1.25. The lowest BCUT2D eigenvalue weighted by Gasteiger charge is -2.15. The Balaban J connectivity index is 0.00000115. The minimum atomic E-state index is -4.48. The predicted molar refractivity (Wildman–Crippen MR) is 133 cm³/mol. The zero-order chi connectivity index (χ0) is 26.6. The molecule has 0 amide bonds. The number of methoxy groups -OCH3 is 1. The molecule has 188 valence electrons. The number of para-hydroxylation sites is 1. The number of ether oxygens (including phenoxy) is 1. The minimum absolute atomic E-state index is 0.135. The van der Waals surface area contributed by atoms with Crippen molar-refractivity contribution in [3.8, 4) is 5.69 Å². The van der Waals surface area contributed by atoms with Crippen LogP contribution in [0, 0.1) is 6.92 Å². The number of benzene rings is 3. The van der Waals surface area contributed by atoms with Crippen LogP contribution in [0.5, 0.6) is 0 Å². The Kier molecular flexibility index (Phi) is 8.60. The molecule has 11 heteroatoms. The first-order valence-corrected chi connectivity index (χ1v) is 11.7. The second-order valence-corrected chi connectivity index (χ2v) is 8.58. The molecule has 1 aromatic heterocycles. The Morgan fingerprint density at radius 2 is 1.67 bits per heavy atom. The Morgan fingerprint density at radius 3 is 2.25 bits per heavy atom. The predicted octanol–water partition coefficient (Wildman–Crippen LogP) is 6.97. The monoisotopic (exact) mass is 555 g/mol. The number of carbonyl (C=O) groups excluding carboxylic acids is 1. The summed E-state index contributed by atoms with van der Waals surface area (Å²) < 4.78 is 64.0. The van der Waals surface area contributed by atoms with E-state index in [4.69, 9.17) is 36.4 Å². The van der Waals surface area contributed by atoms with E-state index < -0.39 is 29.3 Å². The standard InChI is InChI=1S/C25H18Cl2F3NO2.O2S/c1-14-10-15-11-17(12-19-21(26)9-8-18(23(19)27)24(32)33-2)31(16-6-4-3-5-7-16)22(15)13-20(14)25(28,29)30;1-3-2/h3-11,13H,12H2,1-2H3;. The molecule has 0 spiro atoms. The molecule has 0 saturated carbocycles. The highest BCUT2D eigenvalue weighted by atomic mass is 35.5. The van der Waals surface area contributed by atoms with E-state index in [2.05, 4.69) is 0 Å². The Labute approximate surface area is 218 Å². The van der Waals surface area contributed by atoms with Crippen molar-refractivity contribution in [3.05, 3.63) is 98.7 Å². The highest BCUT2D eigenvalue weighted by molar-refractivity contribution is 7.51. The van der Waals surface area contributed by atoms with Crippen molar-refractivity contribution >= 4 is 51.6 Å². The van der Waals surface area contributed by atoms with Gasteiger partial charge >= 0.3 is 23.7 Å². The lowest BCUT2D eigenvalue weighted by molar-refractivity contribution is -0.137. The fourth-order valence-electron chi connectivity index (χ4n) is 3.95. The van der Waals surface area contributed by atoms with Crippen molar-refractivity contribution in [2.45, 2.75) is 19.5 Å². The van der Waals surface area contributed by atoms with E-state index in [1.54, 1.807) is 10.6 Å². The summed E-state index contributed by atoms with van der Waals surface area (Å²) in [4.78, 5) is 12.1. The van der Waals surface area contributed by atoms with Gasteiger partial charge in [-0.25, -0.2) is 4.79 Å². The van der Waals surface area contributed by atoms with Gasteiger partial charge < -0.3 is 9.30 Å². The Morgan fingerprint density at radius 1 is 1.03 bits per heavy atom. The van der Waals surface area contributed by atoms with E-state index in [-0.39, 0.29) is 22.6 Å². The molecule has 0 aliphatic heterocycles. The molecule has 0 saturated heterocycles. The van der Waals surface area contributed by atoms with Gasteiger partial charge in [0, 0.05) is 28.2 Å². The van der Waals surface area contributed by atoms with E-state index >= 15 is 0 Å². The number of nitrogens with zero attached hydrogens (tertiary/aromatic N) is 1. The summed E-state index contributed by atoms with van der Waals surface area (Å²) in [6.07, 6.45) is -4.29. The smallest absolute Gasteiger partial charge is 0.416 e. The third-order valence-corrected chi connectivity index (χ3v) is 6.28. The van der Waals surface area contributed by atoms with E-state index in [0.29, 0.717) is 32.9 Å². The Bertz CT molecular complexity index is 1460. The largest absolute Gasteiger partial charge is 0.465 e. The molecule has 4 aromatic rings. The number of hydrogen-bond acceptors (Lipinski definition) is 4. The van der Waals surface area contributed by atoms with E-state index in [1.807, 2.05) is 36.4 Å². The van der Waals surface area contributed by atoms with Crippen LogP contribution >= 0.6 is 23.2 Å². The molecule has 0 fully saturated rings. The number of esters is 1. The van der Waals surface area contributed by atoms with Crippen LogP contribution in [0.3, 0.4) is 0 Å². The van der Waals surface area contributed by atoms with Crippen molar-refractivity contribution in [1.82, 2.24) is 4.57 Å². The van der Waals surface area contributed by atoms with Crippen LogP contribution in [0.1, 0.15) is 32.7 Å². The zero-order valence-corrected chi connectivity index (χ0v) is 21.2. The van der Waals surface area contributed by atoms with Gasteiger partial charge in [0.1, 0.15) is 0 Å². The van der Waals surface area contributed by atoms with Crippen LogP contribution in [0.15, 0.2) is 60.7 Å². The van der Waals surface area contributed by atoms with Crippen LogP contribution in [0.4, 0.5) is 13.2 Å². The summed E-state index contributed by atoms with van der Waals surface area (Å²) in [5, 5.41) is 1.13. The van der Waals surface area contributed by atoms with Crippen molar-refractivity contribution in [1.29, 1.82) is 0 Å². The van der Waals surface area contributed by atoms with Gasteiger partial charge in [-0.15, -0.1) is 0 Å². The second-order valence-electron chi connectivity index (χ2n) is 7.65. The van der Waals surface area contributed by atoms with Crippen LogP contribution in [0.2, 0.25) is 10.0 Å². The van der Waals surface area contributed by atoms with Crippen molar-refractivity contribution in [2.24, 2.45) is 0 Å². The normalized spacial score (nSPS) is 11.1. The third kappa shape index (κ3) is 5.64. The fraction of sp³-hybridized carbons (Fsp3) is 0.160. The SMILES string of the molecule is COC(=O)c1ccc(Cl)c(Cc2cc3cc(C)c(C(F)(F)F)cc3n2-c2ccccc2)c1Cl.O=S=O. The van der Waals surface area contributed by atoms with Gasteiger partial charge in [0.15, 0.2) is 0 Å². The van der Waals surface area contributed by atoms with Crippen LogP contribution in [-0.4, -0.2) is 26.1 Å². The number of hydrogen-bond donors (Lipinski definition) is 0. The molecule has 0 bridgehead atoms.